The van der Waals surface area contributed by atoms with E-state index in [1.165, 1.54) is 17.0 Å². The van der Waals surface area contributed by atoms with Gasteiger partial charge in [-0.1, -0.05) is 50.2 Å². The van der Waals surface area contributed by atoms with Crippen LogP contribution < -0.4 is 10.2 Å². The molecular weight excluding hydrogens is 355 g/mol. The highest BCUT2D eigenvalue weighted by Gasteiger charge is 2.31. The van der Waals surface area contributed by atoms with E-state index in [9.17, 15) is 14.0 Å². The first-order valence-corrected chi connectivity index (χ1v) is 9.34. The number of carbonyl (C=O) groups is 2. The number of amides is 2. The lowest BCUT2D eigenvalue weighted by Gasteiger charge is -2.25. The second-order valence-corrected chi connectivity index (χ2v) is 7.41. The topological polar surface area (TPSA) is 49.4 Å². The second kappa shape index (κ2) is 7.08. The molecule has 4 rings (SSSR count). The molecule has 1 aliphatic heterocycles. The van der Waals surface area contributed by atoms with Gasteiger partial charge in [-0.2, -0.15) is 0 Å². The van der Waals surface area contributed by atoms with Crippen LogP contribution in [0.2, 0.25) is 0 Å². The van der Waals surface area contributed by atoms with Crippen molar-refractivity contribution in [3.05, 3.63) is 77.6 Å². The van der Waals surface area contributed by atoms with Crippen LogP contribution in [0.15, 0.2) is 60.7 Å². The van der Waals surface area contributed by atoms with Crippen LogP contribution in [0.5, 0.6) is 0 Å². The van der Waals surface area contributed by atoms with Gasteiger partial charge in [0.15, 0.2) is 0 Å². The maximum absolute atomic E-state index is 13.2. The molecule has 1 unspecified atom stereocenters. The normalized spacial score (nSPS) is 14.0. The third-order valence-corrected chi connectivity index (χ3v) is 5.16. The largest absolute Gasteiger partial charge is 0.347 e. The lowest BCUT2D eigenvalue weighted by Crippen LogP contribution is -2.41. The second-order valence-electron chi connectivity index (χ2n) is 7.41. The zero-order valence-electron chi connectivity index (χ0n) is 15.8. The van der Waals surface area contributed by atoms with Crippen LogP contribution in [0.3, 0.4) is 0 Å². The Hall–Kier alpha value is -3.21. The Morgan fingerprint density at radius 1 is 1.04 bits per heavy atom. The van der Waals surface area contributed by atoms with Gasteiger partial charge in [0.25, 0.3) is 5.91 Å². The van der Waals surface area contributed by atoms with Gasteiger partial charge < -0.3 is 5.32 Å². The van der Waals surface area contributed by atoms with E-state index in [-0.39, 0.29) is 36.1 Å². The third-order valence-electron chi connectivity index (χ3n) is 5.16. The smallest absolute Gasteiger partial charge is 0.259 e. The average molecular weight is 376 g/mol. The van der Waals surface area contributed by atoms with Crippen LogP contribution >= 0.6 is 0 Å². The summed E-state index contributed by atoms with van der Waals surface area (Å²) in [6, 6.07) is 17.2. The number of nitrogens with zero attached hydrogens (tertiary/aromatic N) is 1. The Labute approximate surface area is 163 Å². The van der Waals surface area contributed by atoms with Crippen LogP contribution in [0.1, 0.15) is 35.8 Å². The van der Waals surface area contributed by atoms with E-state index in [2.05, 4.69) is 5.32 Å². The van der Waals surface area contributed by atoms with Gasteiger partial charge in [-0.05, 0) is 41.1 Å². The molecule has 142 valence electrons. The predicted molar refractivity (Wildman–Crippen MR) is 108 cm³/mol. The minimum atomic E-state index is -0.314. The van der Waals surface area contributed by atoms with Gasteiger partial charge in [0.2, 0.25) is 5.91 Å². The van der Waals surface area contributed by atoms with Gasteiger partial charge in [-0.25, -0.2) is 4.39 Å². The minimum Gasteiger partial charge on any atom is -0.347 e. The molecule has 1 N–H and O–H groups in total. The first-order valence-electron chi connectivity index (χ1n) is 9.34. The fourth-order valence-corrected chi connectivity index (χ4v) is 3.80. The van der Waals surface area contributed by atoms with Gasteiger partial charge in [-0.15, -0.1) is 0 Å². The van der Waals surface area contributed by atoms with Crippen molar-refractivity contribution < 1.29 is 14.0 Å². The lowest BCUT2D eigenvalue weighted by molar-refractivity contribution is -0.120. The average Bonchev–Trinajstić information content (AvgIpc) is 2.95. The summed E-state index contributed by atoms with van der Waals surface area (Å²) in [5, 5.41) is 4.88. The highest BCUT2D eigenvalue weighted by Crippen LogP contribution is 2.37. The number of anilines is 1. The summed E-state index contributed by atoms with van der Waals surface area (Å²) in [7, 11) is 0. The molecule has 3 aromatic rings. The Bertz CT molecular complexity index is 1050. The van der Waals surface area contributed by atoms with Crippen molar-refractivity contribution in [3.63, 3.8) is 0 Å². The number of halogens is 1. The molecule has 0 fully saturated rings. The third kappa shape index (κ3) is 3.13. The van der Waals surface area contributed by atoms with Crippen molar-refractivity contribution in [2.45, 2.75) is 19.9 Å². The molecule has 0 saturated heterocycles. The van der Waals surface area contributed by atoms with E-state index in [1.807, 2.05) is 44.2 Å². The zero-order chi connectivity index (χ0) is 19.8. The number of hydrogen-bond acceptors (Lipinski definition) is 2. The van der Waals surface area contributed by atoms with E-state index in [0.29, 0.717) is 5.56 Å². The fourth-order valence-electron chi connectivity index (χ4n) is 3.80. The monoisotopic (exact) mass is 376 g/mol. The van der Waals surface area contributed by atoms with E-state index in [1.54, 1.807) is 18.2 Å². The molecule has 0 saturated carbocycles. The summed E-state index contributed by atoms with van der Waals surface area (Å²) in [5.41, 5.74) is 2.22. The highest BCUT2D eigenvalue weighted by atomic mass is 19.1. The first-order chi connectivity index (χ1) is 13.5. The number of rotatable bonds is 5. The van der Waals surface area contributed by atoms with Gasteiger partial charge in [-0.3, -0.25) is 14.5 Å². The van der Waals surface area contributed by atoms with E-state index < -0.39 is 0 Å². The molecule has 5 heteroatoms. The summed E-state index contributed by atoms with van der Waals surface area (Å²) in [6.07, 6.45) is 0. The highest BCUT2D eigenvalue weighted by molar-refractivity contribution is 6.26. The number of hydrogen-bond donors (Lipinski definition) is 1. The quantitative estimate of drug-likeness (QED) is 0.715. The fraction of sp³-hybridized carbons (Fsp3) is 0.217. The standard InChI is InChI=1S/C23H21FN2O2/c1-14(2)22(16-9-11-17(24)12-10-16)25-20(27)13-26-19-8-4-6-15-5-3-7-18(21(15)19)23(26)28/h3-12,14,22H,13H2,1-2H3,(H,25,27). The maximum Gasteiger partial charge on any atom is 0.259 e. The molecule has 0 aromatic heterocycles. The van der Waals surface area contributed by atoms with Crippen LogP contribution in [0, 0.1) is 11.7 Å². The summed E-state index contributed by atoms with van der Waals surface area (Å²) in [4.78, 5) is 27.2. The summed E-state index contributed by atoms with van der Waals surface area (Å²) in [5.74, 6) is -0.610. The molecule has 4 nitrogen and oxygen atoms in total. The predicted octanol–water partition coefficient (Wildman–Crippen LogP) is 4.45. The molecule has 0 spiro atoms. The maximum atomic E-state index is 13.2. The van der Waals surface area contributed by atoms with E-state index in [0.717, 1.165) is 22.0 Å². The van der Waals surface area contributed by atoms with Crippen LogP contribution in [-0.4, -0.2) is 18.4 Å². The van der Waals surface area contributed by atoms with Crippen molar-refractivity contribution in [3.8, 4) is 0 Å². The van der Waals surface area contributed by atoms with Gasteiger partial charge >= 0.3 is 0 Å². The SMILES string of the molecule is CC(C)C(NC(=O)CN1C(=O)c2cccc3cccc1c23)c1ccc(F)cc1. The van der Waals surface area contributed by atoms with Crippen molar-refractivity contribution in [1.82, 2.24) is 5.32 Å². The van der Waals surface area contributed by atoms with Crippen molar-refractivity contribution in [1.29, 1.82) is 0 Å². The number of carbonyl (C=O) groups excluding carboxylic acids is 2. The summed E-state index contributed by atoms with van der Waals surface area (Å²) >= 11 is 0. The Kier molecular flexibility index (Phi) is 4.59. The minimum absolute atomic E-state index is 0.0585. The van der Waals surface area contributed by atoms with Gasteiger partial charge in [0.05, 0.1) is 11.7 Å². The molecule has 2 amide bonds. The molecule has 1 atom stereocenters. The first kappa shape index (κ1) is 18.2. The number of benzene rings is 3. The molecule has 1 heterocycles. The Balaban J connectivity index is 1.56. The molecule has 1 aliphatic rings. The van der Waals surface area contributed by atoms with E-state index in [4.69, 9.17) is 0 Å². The number of nitrogens with one attached hydrogen (secondary N) is 1. The molecule has 28 heavy (non-hydrogen) atoms. The van der Waals surface area contributed by atoms with Gasteiger partial charge in [0.1, 0.15) is 12.4 Å². The zero-order valence-corrected chi connectivity index (χ0v) is 15.8. The van der Waals surface area contributed by atoms with Crippen molar-refractivity contribution >= 4 is 28.3 Å². The Morgan fingerprint density at radius 3 is 2.39 bits per heavy atom. The van der Waals surface area contributed by atoms with Crippen LogP contribution in [-0.2, 0) is 4.79 Å². The summed E-state index contributed by atoms with van der Waals surface area (Å²) in [6.45, 7) is 3.93. The van der Waals surface area contributed by atoms with Crippen LogP contribution in [0.25, 0.3) is 10.8 Å². The van der Waals surface area contributed by atoms with E-state index >= 15 is 0 Å². The lowest BCUT2D eigenvalue weighted by atomic mass is 9.96. The molecule has 0 aliphatic carbocycles. The van der Waals surface area contributed by atoms with Gasteiger partial charge in [0, 0.05) is 10.9 Å². The molecular formula is C23H21FN2O2. The molecule has 0 bridgehead atoms. The molecule has 0 radical (unpaired) electrons. The van der Waals surface area contributed by atoms with Crippen LogP contribution in [0.4, 0.5) is 10.1 Å². The Morgan fingerprint density at radius 2 is 1.71 bits per heavy atom. The van der Waals surface area contributed by atoms with Crippen molar-refractivity contribution in [2.24, 2.45) is 5.92 Å². The van der Waals surface area contributed by atoms with Crippen molar-refractivity contribution in [2.75, 3.05) is 11.4 Å². The summed E-state index contributed by atoms with van der Waals surface area (Å²) < 4.78 is 13.2. The molecule has 3 aromatic carbocycles.